The quantitative estimate of drug-likeness (QED) is 0.0981. The van der Waals surface area contributed by atoms with Gasteiger partial charge in [-0.15, -0.1) is 0 Å². The highest BCUT2D eigenvalue weighted by Crippen LogP contribution is 2.46. The number of para-hydroxylation sites is 4. The Balaban J connectivity index is 1.20. The van der Waals surface area contributed by atoms with Crippen LogP contribution in [0.25, 0.3) is 22.8 Å². The Morgan fingerprint density at radius 1 is 0.231 bits per heavy atom. The average molecular weight is 1040 g/mol. The molecule has 1 aliphatic heterocycles. The Morgan fingerprint density at radius 3 is 0.692 bits per heavy atom. The van der Waals surface area contributed by atoms with Crippen molar-refractivity contribution in [3.05, 3.63) is 303 Å². The van der Waals surface area contributed by atoms with Crippen LogP contribution >= 0.6 is 0 Å². The Hall–Kier alpha value is -10.1. The summed E-state index contributed by atoms with van der Waals surface area (Å²) in [5.74, 6) is 3.07. The van der Waals surface area contributed by atoms with Gasteiger partial charge in [-0.05, 0) is 69.3 Å². The van der Waals surface area contributed by atoms with E-state index in [2.05, 4.69) is 212 Å². The van der Waals surface area contributed by atoms with Crippen molar-refractivity contribution in [3.8, 4) is 22.8 Å². The molecular formula is C66H50N10Si2. The van der Waals surface area contributed by atoms with Crippen molar-refractivity contribution in [2.24, 2.45) is 0 Å². The lowest BCUT2D eigenvalue weighted by atomic mass is 10.2. The molecule has 0 saturated carbocycles. The van der Waals surface area contributed by atoms with E-state index in [4.69, 9.17) is 29.9 Å². The zero-order valence-electron chi connectivity index (χ0n) is 42.3. The van der Waals surface area contributed by atoms with Gasteiger partial charge >= 0.3 is 16.8 Å². The number of hydrogen-bond acceptors (Lipinski definition) is 10. The number of aromatic nitrogens is 6. The minimum Gasteiger partial charge on any atom is -0.346 e. The minimum atomic E-state index is -3.83. The number of anilines is 8. The highest BCUT2D eigenvalue weighted by atomic mass is 28.5. The highest BCUT2D eigenvalue weighted by Gasteiger charge is 2.77. The smallest absolute Gasteiger partial charge is 0.323 e. The van der Waals surface area contributed by atoms with Gasteiger partial charge in [-0.1, -0.05) is 255 Å². The predicted molar refractivity (Wildman–Crippen MR) is 321 cm³/mol. The first-order valence-corrected chi connectivity index (χ1v) is 29.8. The monoisotopic (exact) mass is 1040 g/mol. The van der Waals surface area contributed by atoms with Crippen molar-refractivity contribution in [1.29, 1.82) is 0 Å². The van der Waals surface area contributed by atoms with E-state index >= 15 is 0 Å². The zero-order chi connectivity index (χ0) is 52.1. The summed E-state index contributed by atoms with van der Waals surface area (Å²) in [6, 6.07) is 105. The van der Waals surface area contributed by atoms with E-state index in [1.54, 1.807) is 0 Å². The number of hydrogen-bond donors (Lipinski definition) is 0. The molecule has 372 valence electrons. The van der Waals surface area contributed by atoms with Crippen LogP contribution in [0, 0.1) is 0 Å². The summed E-state index contributed by atoms with van der Waals surface area (Å²) < 4.78 is 5.30. The molecule has 0 atom stereocenters. The van der Waals surface area contributed by atoms with Crippen molar-refractivity contribution >= 4 is 84.1 Å². The summed E-state index contributed by atoms with van der Waals surface area (Å²) in [6.07, 6.45) is 0. The lowest BCUT2D eigenvalue weighted by Crippen LogP contribution is -3.08. The van der Waals surface area contributed by atoms with E-state index in [-0.39, 0.29) is 0 Å². The van der Waals surface area contributed by atoms with Crippen LogP contribution in [0.5, 0.6) is 0 Å². The topological polar surface area (TPSA) is 90.3 Å². The van der Waals surface area contributed by atoms with Crippen LogP contribution in [0.3, 0.4) is 0 Å². The summed E-state index contributed by atoms with van der Waals surface area (Å²) in [4.78, 5) is 38.4. The molecule has 0 radical (unpaired) electrons. The molecule has 3 heterocycles. The van der Waals surface area contributed by atoms with Crippen molar-refractivity contribution in [2.45, 2.75) is 0 Å². The maximum absolute atomic E-state index is 5.86. The molecule has 0 N–H and O–H groups in total. The molecule has 12 heteroatoms. The molecule has 13 rings (SSSR count). The highest BCUT2D eigenvalue weighted by molar-refractivity contribution is 7.38. The van der Waals surface area contributed by atoms with E-state index in [0.29, 0.717) is 35.4 Å². The van der Waals surface area contributed by atoms with E-state index in [0.717, 1.165) is 54.6 Å². The Kier molecular flexibility index (Phi) is 12.7. The van der Waals surface area contributed by atoms with Gasteiger partial charge in [-0.3, -0.25) is 9.80 Å². The normalized spacial score (nSPS) is 13.3. The molecule has 10 nitrogen and oxygen atoms in total. The molecule has 78 heavy (non-hydrogen) atoms. The first-order chi connectivity index (χ1) is 38.7. The van der Waals surface area contributed by atoms with Crippen LogP contribution in [-0.4, -0.2) is 46.7 Å². The first-order valence-electron chi connectivity index (χ1n) is 26.0. The van der Waals surface area contributed by atoms with E-state index in [1.165, 1.54) is 0 Å². The van der Waals surface area contributed by atoms with Crippen molar-refractivity contribution < 1.29 is 0 Å². The summed E-state index contributed by atoms with van der Waals surface area (Å²) >= 11 is 0. The van der Waals surface area contributed by atoms with Crippen molar-refractivity contribution in [1.82, 2.24) is 29.9 Å². The van der Waals surface area contributed by atoms with Gasteiger partial charge in [0.15, 0.2) is 11.6 Å². The number of benzene rings is 10. The zero-order valence-corrected chi connectivity index (χ0v) is 44.3. The van der Waals surface area contributed by atoms with Gasteiger partial charge in [0.2, 0.25) is 23.8 Å². The maximum Gasteiger partial charge on any atom is 0.323 e. The van der Waals surface area contributed by atoms with Gasteiger partial charge in [0.1, 0.15) is 0 Å². The summed E-state index contributed by atoms with van der Waals surface area (Å²) in [5, 5.41) is 4.35. The molecule has 0 unspecified atom stereocenters. The predicted octanol–water partition coefficient (Wildman–Crippen LogP) is 12.2. The third kappa shape index (κ3) is 8.38. The third-order valence-corrected chi connectivity index (χ3v) is 26.0. The van der Waals surface area contributed by atoms with Crippen LogP contribution < -0.4 is 39.0 Å². The molecule has 1 fully saturated rings. The molecule has 1 saturated heterocycles. The fourth-order valence-corrected chi connectivity index (χ4v) is 25.6. The van der Waals surface area contributed by atoms with Crippen LogP contribution in [0.1, 0.15) is 0 Å². The van der Waals surface area contributed by atoms with E-state index in [9.17, 15) is 0 Å². The molecule has 0 bridgehead atoms. The maximum atomic E-state index is 5.86. The fourth-order valence-electron chi connectivity index (χ4n) is 10.9. The summed E-state index contributed by atoms with van der Waals surface area (Å²) in [7, 11) is -7.66. The van der Waals surface area contributed by atoms with Gasteiger partial charge in [0.05, 0.1) is 0 Å². The number of nitrogens with zero attached hydrogens (tertiary/aromatic N) is 10. The van der Waals surface area contributed by atoms with Crippen LogP contribution in [-0.2, 0) is 0 Å². The van der Waals surface area contributed by atoms with Crippen LogP contribution in [0.2, 0.25) is 0 Å². The molecule has 10 aromatic carbocycles. The second-order valence-electron chi connectivity index (χ2n) is 18.7. The van der Waals surface area contributed by atoms with Crippen molar-refractivity contribution in [2.75, 3.05) is 18.3 Å². The molecule has 2 aromatic heterocycles. The van der Waals surface area contributed by atoms with Crippen molar-refractivity contribution in [3.63, 3.8) is 0 Å². The lowest BCUT2D eigenvalue weighted by molar-refractivity contribution is 0.966. The lowest BCUT2D eigenvalue weighted by Gasteiger charge is -2.70. The molecule has 0 aliphatic carbocycles. The standard InChI is InChI=1S/C66H50N10Si2/c1-11-31-51(32-12-1)61-67-63(73(53-35-15-3-16-36-53)54-37-17-4-18-38-54)71-65(69-61)75-77(57-43-23-7-24-44-57,58-45-25-8-26-46-58)76(78(75,59-47-27-9-28-48-59)60-49-29-10-30-50-60)66-70-62(52-33-13-2-14-34-52)68-64(72-66)74(55-39-19-5-20-40-55)56-41-21-6-22-42-56/h1-50H. The van der Waals surface area contributed by atoms with E-state index < -0.39 is 16.8 Å². The van der Waals surface area contributed by atoms with Gasteiger partial charge in [0.25, 0.3) is 0 Å². The average Bonchev–Trinajstić information content (AvgIpc) is 3.25. The largest absolute Gasteiger partial charge is 0.346 e. The van der Waals surface area contributed by atoms with E-state index in [1.807, 2.05) is 109 Å². The molecule has 0 spiro atoms. The Labute approximate surface area is 455 Å². The third-order valence-electron chi connectivity index (χ3n) is 14.1. The Morgan fingerprint density at radius 2 is 0.449 bits per heavy atom. The first kappa shape index (κ1) is 47.6. The molecule has 1 aliphatic rings. The van der Waals surface area contributed by atoms with Gasteiger partial charge in [-0.2, -0.15) is 29.9 Å². The minimum absolute atomic E-state index is 0.470. The second-order valence-corrected chi connectivity index (χ2v) is 26.4. The SMILES string of the molecule is c1ccc(-c2nc(N(c3ccccc3)c3ccccc3)nc(N3[Si](c4ccccc4)(c4ccccc4)N(c4nc(-c5ccccc5)nc(N(c5ccccc5)c5ccccc5)n4)[Si]3(c3ccccc3)c3ccccc3)n2)cc1. The molecular weight excluding hydrogens is 989 g/mol. The molecule has 0 amide bonds. The van der Waals surface area contributed by atoms with Crippen LogP contribution in [0.15, 0.2) is 303 Å². The van der Waals surface area contributed by atoms with Crippen LogP contribution in [0.4, 0.5) is 46.5 Å². The second kappa shape index (κ2) is 20.9. The van der Waals surface area contributed by atoms with Gasteiger partial charge in [0, 0.05) is 33.9 Å². The summed E-state index contributed by atoms with van der Waals surface area (Å²) in [5.41, 5.74) is 5.33. The Bertz CT molecular complexity index is 3490. The van der Waals surface area contributed by atoms with Gasteiger partial charge in [-0.25, -0.2) is 0 Å². The fraction of sp³-hybridized carbons (Fsp3) is 0. The van der Waals surface area contributed by atoms with Gasteiger partial charge < -0.3 is 8.46 Å². The molecule has 12 aromatic rings. The summed E-state index contributed by atoms with van der Waals surface area (Å²) in [6.45, 7) is 0. The number of rotatable bonds is 14.